The van der Waals surface area contributed by atoms with Gasteiger partial charge in [0.1, 0.15) is 11.6 Å². The third-order valence-electron chi connectivity index (χ3n) is 3.23. The summed E-state index contributed by atoms with van der Waals surface area (Å²) in [5.41, 5.74) is 0.842. The number of hydrogen-bond acceptors (Lipinski definition) is 1. The summed E-state index contributed by atoms with van der Waals surface area (Å²) in [4.78, 5) is 0. The molecule has 0 amide bonds. The molecule has 0 aromatic heterocycles. The molecule has 1 aromatic carbocycles. The van der Waals surface area contributed by atoms with Gasteiger partial charge in [-0.3, -0.25) is 0 Å². The maximum absolute atomic E-state index is 13.1. The number of hydrogen-bond donors (Lipinski definition) is 1. The second-order valence-corrected chi connectivity index (χ2v) is 5.32. The monoisotopic (exact) mass is 241 g/mol. The first-order chi connectivity index (χ1) is 7.84. The minimum Gasteiger partial charge on any atom is -0.310 e. The highest BCUT2D eigenvalue weighted by Crippen LogP contribution is 2.21. The van der Waals surface area contributed by atoms with E-state index in [1.807, 2.05) is 6.92 Å². The Balaban J connectivity index is 2.67. The van der Waals surface area contributed by atoms with E-state index in [2.05, 4.69) is 26.1 Å². The van der Waals surface area contributed by atoms with Crippen LogP contribution in [0.1, 0.15) is 45.7 Å². The number of halogens is 2. The molecular weight excluding hydrogens is 220 g/mol. The average molecular weight is 241 g/mol. The SMILES string of the molecule is CCC(C)(C)CNC(C)c1cc(F)cc(F)c1. The first-order valence-corrected chi connectivity index (χ1v) is 6.03. The van der Waals surface area contributed by atoms with Crippen LogP contribution in [0.5, 0.6) is 0 Å². The minimum absolute atomic E-state index is 0.0500. The maximum atomic E-state index is 13.1. The van der Waals surface area contributed by atoms with Crippen LogP contribution in [-0.4, -0.2) is 6.54 Å². The van der Waals surface area contributed by atoms with Crippen LogP contribution in [0.25, 0.3) is 0 Å². The summed E-state index contributed by atoms with van der Waals surface area (Å²) < 4.78 is 26.1. The Bertz CT molecular complexity index is 354. The molecule has 1 rings (SSSR count). The second-order valence-electron chi connectivity index (χ2n) is 5.32. The van der Waals surface area contributed by atoms with Gasteiger partial charge >= 0.3 is 0 Å². The third-order valence-corrected chi connectivity index (χ3v) is 3.23. The molecule has 96 valence electrons. The molecule has 0 aliphatic rings. The van der Waals surface area contributed by atoms with Crippen LogP contribution in [0.2, 0.25) is 0 Å². The Labute approximate surface area is 102 Å². The molecule has 0 bridgehead atoms. The van der Waals surface area contributed by atoms with E-state index in [1.165, 1.54) is 12.1 Å². The topological polar surface area (TPSA) is 12.0 Å². The largest absolute Gasteiger partial charge is 0.310 e. The van der Waals surface area contributed by atoms with Crippen molar-refractivity contribution in [2.24, 2.45) is 5.41 Å². The zero-order valence-electron chi connectivity index (χ0n) is 11.0. The summed E-state index contributed by atoms with van der Waals surface area (Å²) in [7, 11) is 0. The van der Waals surface area contributed by atoms with E-state index >= 15 is 0 Å². The van der Waals surface area contributed by atoms with Gasteiger partial charge in [-0.2, -0.15) is 0 Å². The fourth-order valence-electron chi connectivity index (χ4n) is 1.50. The van der Waals surface area contributed by atoms with Gasteiger partial charge in [0.05, 0.1) is 0 Å². The molecule has 0 saturated carbocycles. The van der Waals surface area contributed by atoms with Gasteiger partial charge in [0.15, 0.2) is 0 Å². The van der Waals surface area contributed by atoms with E-state index in [0.29, 0.717) is 5.56 Å². The minimum atomic E-state index is -0.525. The van der Waals surface area contributed by atoms with Crippen molar-refractivity contribution in [1.29, 1.82) is 0 Å². The van der Waals surface area contributed by atoms with E-state index in [4.69, 9.17) is 0 Å². The van der Waals surface area contributed by atoms with Crippen LogP contribution in [0, 0.1) is 17.0 Å². The van der Waals surface area contributed by atoms with Gasteiger partial charge in [-0.15, -0.1) is 0 Å². The van der Waals surface area contributed by atoms with Crippen LogP contribution < -0.4 is 5.32 Å². The van der Waals surface area contributed by atoms with Crippen LogP contribution >= 0.6 is 0 Å². The average Bonchev–Trinajstić information content (AvgIpc) is 2.24. The first kappa shape index (κ1) is 14.1. The smallest absolute Gasteiger partial charge is 0.126 e. The van der Waals surface area contributed by atoms with Crippen molar-refractivity contribution in [3.63, 3.8) is 0 Å². The second kappa shape index (κ2) is 5.58. The van der Waals surface area contributed by atoms with Crippen molar-refractivity contribution in [3.05, 3.63) is 35.4 Å². The highest BCUT2D eigenvalue weighted by molar-refractivity contribution is 5.20. The van der Waals surface area contributed by atoms with Crippen molar-refractivity contribution in [1.82, 2.24) is 5.32 Å². The van der Waals surface area contributed by atoms with E-state index < -0.39 is 11.6 Å². The van der Waals surface area contributed by atoms with Crippen molar-refractivity contribution < 1.29 is 8.78 Å². The molecule has 0 radical (unpaired) electrons. The van der Waals surface area contributed by atoms with Crippen LogP contribution in [0.4, 0.5) is 8.78 Å². The van der Waals surface area contributed by atoms with Gasteiger partial charge < -0.3 is 5.32 Å². The lowest BCUT2D eigenvalue weighted by atomic mass is 9.90. The summed E-state index contributed by atoms with van der Waals surface area (Å²) in [6.45, 7) is 9.20. The molecule has 17 heavy (non-hydrogen) atoms. The van der Waals surface area contributed by atoms with E-state index in [0.717, 1.165) is 19.0 Å². The Hall–Kier alpha value is -0.960. The molecule has 1 aromatic rings. The van der Waals surface area contributed by atoms with Gasteiger partial charge in [-0.05, 0) is 36.5 Å². The summed E-state index contributed by atoms with van der Waals surface area (Å²) in [5.74, 6) is -1.05. The summed E-state index contributed by atoms with van der Waals surface area (Å²) in [5, 5.41) is 3.31. The molecule has 0 aliphatic carbocycles. The van der Waals surface area contributed by atoms with E-state index in [-0.39, 0.29) is 11.5 Å². The molecule has 1 unspecified atom stereocenters. The standard InChI is InChI=1S/C14H21F2N/c1-5-14(3,4)9-17-10(2)11-6-12(15)8-13(16)7-11/h6-8,10,17H,5,9H2,1-4H3. The molecular formula is C14H21F2N. The molecule has 0 aliphatic heterocycles. The van der Waals surface area contributed by atoms with Crippen molar-refractivity contribution in [2.75, 3.05) is 6.54 Å². The fraction of sp³-hybridized carbons (Fsp3) is 0.571. The molecule has 1 N–H and O–H groups in total. The van der Waals surface area contributed by atoms with Gasteiger partial charge in [0, 0.05) is 18.7 Å². The van der Waals surface area contributed by atoms with Gasteiger partial charge in [0.25, 0.3) is 0 Å². The predicted octanol–water partition coefficient (Wildman–Crippen LogP) is 4.05. The highest BCUT2D eigenvalue weighted by atomic mass is 19.1. The molecule has 0 heterocycles. The summed E-state index contributed by atoms with van der Waals surface area (Å²) in [6.07, 6.45) is 1.06. The number of rotatable bonds is 5. The lowest BCUT2D eigenvalue weighted by Gasteiger charge is -2.26. The Morgan fingerprint density at radius 2 is 1.71 bits per heavy atom. The van der Waals surface area contributed by atoms with Gasteiger partial charge in [0.2, 0.25) is 0 Å². The molecule has 1 nitrogen and oxygen atoms in total. The van der Waals surface area contributed by atoms with Crippen LogP contribution in [0.3, 0.4) is 0 Å². The molecule has 0 fully saturated rings. The van der Waals surface area contributed by atoms with E-state index in [1.54, 1.807) is 0 Å². The predicted molar refractivity (Wildman–Crippen MR) is 66.8 cm³/mol. The van der Waals surface area contributed by atoms with Gasteiger partial charge in [-0.25, -0.2) is 8.78 Å². The van der Waals surface area contributed by atoms with Crippen molar-refractivity contribution in [3.8, 4) is 0 Å². The van der Waals surface area contributed by atoms with Crippen molar-refractivity contribution >= 4 is 0 Å². The fourth-order valence-corrected chi connectivity index (χ4v) is 1.50. The lowest BCUT2D eigenvalue weighted by molar-refractivity contribution is 0.313. The first-order valence-electron chi connectivity index (χ1n) is 6.03. The maximum Gasteiger partial charge on any atom is 0.126 e. The number of nitrogens with one attached hydrogen (secondary N) is 1. The third kappa shape index (κ3) is 4.43. The molecule has 1 atom stereocenters. The van der Waals surface area contributed by atoms with E-state index in [9.17, 15) is 8.78 Å². The molecule has 0 saturated heterocycles. The Kier molecular flexibility index (Phi) is 4.63. The Morgan fingerprint density at radius 3 is 2.18 bits per heavy atom. The molecule has 0 spiro atoms. The summed E-state index contributed by atoms with van der Waals surface area (Å²) in [6, 6.07) is 3.59. The van der Waals surface area contributed by atoms with Gasteiger partial charge in [-0.1, -0.05) is 20.8 Å². The number of benzene rings is 1. The van der Waals surface area contributed by atoms with Crippen LogP contribution in [0.15, 0.2) is 18.2 Å². The van der Waals surface area contributed by atoms with Crippen LogP contribution in [-0.2, 0) is 0 Å². The quantitative estimate of drug-likeness (QED) is 0.820. The Morgan fingerprint density at radius 1 is 1.18 bits per heavy atom. The van der Waals surface area contributed by atoms with Crippen molar-refractivity contribution in [2.45, 2.75) is 40.2 Å². The zero-order valence-corrected chi connectivity index (χ0v) is 11.0. The zero-order chi connectivity index (χ0) is 13.1. The molecule has 3 heteroatoms. The highest BCUT2D eigenvalue weighted by Gasteiger charge is 2.17. The summed E-state index contributed by atoms with van der Waals surface area (Å²) >= 11 is 0. The lowest BCUT2D eigenvalue weighted by Crippen LogP contribution is -2.30. The normalized spacial score (nSPS) is 13.8.